The second-order valence-electron chi connectivity index (χ2n) is 3.21. The van der Waals surface area contributed by atoms with Crippen LogP contribution in [0.4, 0.5) is 5.95 Å². The van der Waals surface area contributed by atoms with Gasteiger partial charge in [-0.2, -0.15) is 0 Å². The molecule has 0 saturated carbocycles. The second-order valence-corrected chi connectivity index (χ2v) is 4.63. The third-order valence-electron chi connectivity index (χ3n) is 1.95. The molecule has 1 aromatic carbocycles. The van der Waals surface area contributed by atoms with Gasteiger partial charge in [0, 0.05) is 17.3 Å². The first kappa shape index (κ1) is 12.0. The molecular formula is C11H10ClN3OS. The van der Waals surface area contributed by atoms with Gasteiger partial charge < -0.3 is 4.98 Å². The highest BCUT2D eigenvalue weighted by molar-refractivity contribution is 8.00. The number of hydrogen-bond acceptors (Lipinski definition) is 3. The van der Waals surface area contributed by atoms with Crippen molar-refractivity contribution in [1.29, 1.82) is 0 Å². The number of aromatic amines is 1. The molecule has 2 rings (SSSR count). The summed E-state index contributed by atoms with van der Waals surface area (Å²) in [6, 6.07) is 7.43. The Labute approximate surface area is 108 Å². The summed E-state index contributed by atoms with van der Waals surface area (Å²) >= 11 is 7.37. The van der Waals surface area contributed by atoms with Crippen LogP contribution in [0.3, 0.4) is 0 Å². The Bertz CT molecular complexity index is 501. The van der Waals surface area contributed by atoms with E-state index in [4.69, 9.17) is 11.6 Å². The van der Waals surface area contributed by atoms with Crippen LogP contribution in [-0.2, 0) is 4.79 Å². The molecule has 4 nitrogen and oxygen atoms in total. The topological polar surface area (TPSA) is 57.8 Å². The number of imidazole rings is 1. The average Bonchev–Trinajstić information content (AvgIpc) is 2.81. The minimum absolute atomic E-state index is 0.120. The van der Waals surface area contributed by atoms with Crippen LogP contribution < -0.4 is 5.32 Å². The Hall–Kier alpha value is -1.46. The predicted octanol–water partition coefficient (Wildman–Crippen LogP) is 2.79. The molecule has 0 bridgehead atoms. The van der Waals surface area contributed by atoms with E-state index in [1.165, 1.54) is 11.8 Å². The van der Waals surface area contributed by atoms with E-state index >= 15 is 0 Å². The first-order valence-corrected chi connectivity index (χ1v) is 6.28. The minimum atomic E-state index is -0.120. The number of thioether (sulfide) groups is 1. The molecule has 0 aliphatic rings. The molecule has 0 aliphatic heterocycles. The van der Waals surface area contributed by atoms with E-state index in [9.17, 15) is 4.79 Å². The summed E-state index contributed by atoms with van der Waals surface area (Å²) in [5.41, 5.74) is 0. The van der Waals surface area contributed by atoms with Crippen molar-refractivity contribution in [2.45, 2.75) is 4.90 Å². The Morgan fingerprint density at radius 2 is 2.29 bits per heavy atom. The Morgan fingerprint density at radius 1 is 1.47 bits per heavy atom. The van der Waals surface area contributed by atoms with Gasteiger partial charge in [0.25, 0.3) is 0 Å². The monoisotopic (exact) mass is 267 g/mol. The zero-order valence-corrected chi connectivity index (χ0v) is 10.4. The van der Waals surface area contributed by atoms with Crippen LogP contribution in [-0.4, -0.2) is 21.6 Å². The number of nitrogens with one attached hydrogen (secondary N) is 2. The van der Waals surface area contributed by atoms with Crippen molar-refractivity contribution in [1.82, 2.24) is 9.97 Å². The number of hydrogen-bond donors (Lipinski definition) is 2. The quantitative estimate of drug-likeness (QED) is 0.838. The highest BCUT2D eigenvalue weighted by atomic mass is 35.5. The van der Waals surface area contributed by atoms with Crippen LogP contribution in [0.5, 0.6) is 0 Å². The molecule has 88 valence electrons. The molecule has 2 N–H and O–H groups in total. The Balaban J connectivity index is 1.86. The lowest BCUT2D eigenvalue weighted by atomic mass is 10.4. The third kappa shape index (κ3) is 3.51. The van der Waals surface area contributed by atoms with Gasteiger partial charge in [0.15, 0.2) is 0 Å². The molecule has 0 aliphatic carbocycles. The van der Waals surface area contributed by atoms with Gasteiger partial charge in [-0.3, -0.25) is 10.1 Å². The van der Waals surface area contributed by atoms with Gasteiger partial charge in [-0.15, -0.1) is 11.8 Å². The van der Waals surface area contributed by atoms with Crippen LogP contribution in [0.25, 0.3) is 0 Å². The van der Waals surface area contributed by atoms with E-state index < -0.39 is 0 Å². The SMILES string of the molecule is O=C(CSc1ccccc1Cl)Nc1ncc[nH]1. The lowest BCUT2D eigenvalue weighted by Crippen LogP contribution is -2.14. The van der Waals surface area contributed by atoms with Crippen LogP contribution in [0.1, 0.15) is 0 Å². The molecule has 6 heteroatoms. The van der Waals surface area contributed by atoms with Crippen molar-refractivity contribution in [3.63, 3.8) is 0 Å². The van der Waals surface area contributed by atoms with Crippen molar-refractivity contribution in [2.75, 3.05) is 11.1 Å². The van der Waals surface area contributed by atoms with E-state index in [0.717, 1.165) is 4.90 Å². The summed E-state index contributed by atoms with van der Waals surface area (Å²) in [4.78, 5) is 19.2. The molecule has 17 heavy (non-hydrogen) atoms. The third-order valence-corrected chi connectivity index (χ3v) is 3.47. The standard InChI is InChI=1S/C11H10ClN3OS/c12-8-3-1-2-4-9(8)17-7-10(16)15-11-13-5-6-14-11/h1-6H,7H2,(H2,13,14,15,16). The molecule has 0 atom stereocenters. The molecule has 0 saturated heterocycles. The second kappa shape index (κ2) is 5.75. The van der Waals surface area contributed by atoms with Crippen LogP contribution in [0.15, 0.2) is 41.6 Å². The predicted molar refractivity (Wildman–Crippen MR) is 69.4 cm³/mol. The van der Waals surface area contributed by atoms with E-state index in [1.807, 2.05) is 18.2 Å². The number of anilines is 1. The number of carbonyl (C=O) groups excluding carboxylic acids is 1. The number of rotatable bonds is 4. The molecular weight excluding hydrogens is 258 g/mol. The fourth-order valence-corrected chi connectivity index (χ4v) is 2.25. The number of amides is 1. The van der Waals surface area contributed by atoms with Crippen molar-refractivity contribution >= 4 is 35.2 Å². The number of halogens is 1. The molecule has 1 amide bonds. The van der Waals surface area contributed by atoms with Gasteiger partial charge in [-0.1, -0.05) is 23.7 Å². The Kier molecular flexibility index (Phi) is 4.06. The summed E-state index contributed by atoms with van der Waals surface area (Å²) < 4.78 is 0. The molecule has 0 unspecified atom stereocenters. The van der Waals surface area contributed by atoms with Crippen LogP contribution in [0, 0.1) is 0 Å². The van der Waals surface area contributed by atoms with Gasteiger partial charge in [-0.05, 0) is 12.1 Å². The highest BCUT2D eigenvalue weighted by Crippen LogP contribution is 2.26. The molecule has 2 aromatic rings. The normalized spacial score (nSPS) is 10.2. The maximum Gasteiger partial charge on any atom is 0.237 e. The number of nitrogens with zero attached hydrogens (tertiary/aromatic N) is 1. The lowest BCUT2D eigenvalue weighted by Gasteiger charge is -2.03. The smallest absolute Gasteiger partial charge is 0.237 e. The van der Waals surface area contributed by atoms with E-state index in [-0.39, 0.29) is 5.91 Å². The summed E-state index contributed by atoms with van der Waals surface area (Å²) in [5, 5.41) is 3.30. The van der Waals surface area contributed by atoms with Crippen molar-refractivity contribution in [2.24, 2.45) is 0 Å². The number of aromatic nitrogens is 2. The number of benzene rings is 1. The minimum Gasteiger partial charge on any atom is -0.331 e. The number of carbonyl (C=O) groups is 1. The van der Waals surface area contributed by atoms with E-state index in [0.29, 0.717) is 16.7 Å². The Morgan fingerprint density at radius 3 is 3.00 bits per heavy atom. The maximum atomic E-state index is 11.6. The lowest BCUT2D eigenvalue weighted by molar-refractivity contribution is -0.113. The van der Waals surface area contributed by atoms with E-state index in [2.05, 4.69) is 15.3 Å². The summed E-state index contributed by atoms with van der Waals surface area (Å²) in [7, 11) is 0. The number of H-pyrrole nitrogens is 1. The average molecular weight is 268 g/mol. The van der Waals surface area contributed by atoms with Gasteiger partial charge in [0.05, 0.1) is 10.8 Å². The van der Waals surface area contributed by atoms with E-state index in [1.54, 1.807) is 18.5 Å². The van der Waals surface area contributed by atoms with Crippen molar-refractivity contribution in [3.8, 4) is 0 Å². The fourth-order valence-electron chi connectivity index (χ4n) is 1.21. The van der Waals surface area contributed by atoms with Crippen LogP contribution >= 0.6 is 23.4 Å². The molecule has 1 heterocycles. The van der Waals surface area contributed by atoms with Gasteiger partial charge in [-0.25, -0.2) is 4.98 Å². The summed E-state index contributed by atoms with van der Waals surface area (Å²) in [6.07, 6.45) is 3.23. The largest absolute Gasteiger partial charge is 0.331 e. The summed E-state index contributed by atoms with van der Waals surface area (Å²) in [6.45, 7) is 0. The van der Waals surface area contributed by atoms with Crippen molar-refractivity contribution in [3.05, 3.63) is 41.7 Å². The first-order chi connectivity index (χ1) is 8.25. The van der Waals surface area contributed by atoms with Gasteiger partial charge in [0.1, 0.15) is 0 Å². The molecule has 0 radical (unpaired) electrons. The molecule has 1 aromatic heterocycles. The first-order valence-electron chi connectivity index (χ1n) is 4.92. The van der Waals surface area contributed by atoms with Crippen LogP contribution in [0.2, 0.25) is 5.02 Å². The fraction of sp³-hybridized carbons (Fsp3) is 0.0909. The maximum absolute atomic E-state index is 11.6. The zero-order valence-electron chi connectivity index (χ0n) is 8.81. The van der Waals surface area contributed by atoms with Crippen molar-refractivity contribution < 1.29 is 4.79 Å². The van der Waals surface area contributed by atoms with Gasteiger partial charge >= 0.3 is 0 Å². The highest BCUT2D eigenvalue weighted by Gasteiger charge is 2.06. The zero-order chi connectivity index (χ0) is 12.1. The molecule has 0 spiro atoms. The van der Waals surface area contributed by atoms with Gasteiger partial charge in [0.2, 0.25) is 11.9 Å². The summed E-state index contributed by atoms with van der Waals surface area (Å²) in [5.74, 6) is 0.629. The molecule has 0 fully saturated rings.